The van der Waals surface area contributed by atoms with Gasteiger partial charge in [-0.3, -0.25) is 37.3 Å². The second-order valence-corrected chi connectivity index (χ2v) is 31.1. The lowest BCUT2D eigenvalue weighted by Gasteiger charge is -2.21. The molecular weight excluding hydrogens is 1230 g/mol. The van der Waals surface area contributed by atoms with Crippen LogP contribution in [0.3, 0.4) is 0 Å². The van der Waals surface area contributed by atoms with E-state index in [0.717, 1.165) is 114 Å². The van der Waals surface area contributed by atoms with Crippen molar-refractivity contribution in [3.63, 3.8) is 0 Å². The Morgan fingerprint density at radius 1 is 0.309 bits per heavy atom. The second kappa shape index (κ2) is 65.7. The quantitative estimate of drug-likeness (QED) is 0.0222. The maximum absolute atomic E-state index is 13.1. The fourth-order valence-electron chi connectivity index (χ4n) is 11.4. The molecule has 0 saturated heterocycles. The van der Waals surface area contributed by atoms with E-state index in [4.69, 9.17) is 37.0 Å². The SMILES string of the molecule is CCCCCCCCCCCCCCCCCC(=O)OC[C@H](COP(=O)(O)OC[C@@H](O)COP(=O)(O)OC[C@@H](COC(=O)CCCCCCCCC(C)CC)OC(=O)CCCCCCCCCCCCCC(C)C)OC(=O)CCCCCCCCCCCCCCC(C)C. The summed E-state index contributed by atoms with van der Waals surface area (Å²) in [4.78, 5) is 72.8. The standard InChI is InChI=1S/C75H146O17P2/c1-8-10-11-12-13-14-15-16-17-18-24-29-34-42-49-56-72(77)85-62-70(91-74(79)58-51-44-35-30-25-20-19-22-27-32-39-46-53-66(3)4)64-89-93(81,82)87-60-69(76)61-88-94(83,84)90-65-71(63-86-73(78)57-50-43-38-37-41-48-55-68(7)9-2)92-75(80)59-52-45-36-31-26-21-23-28-33-40-47-54-67(5)6/h66-71,76H,8-65H2,1-7H3,(H,81,82)(H,83,84)/t68?,69-,70-,71-/m1/s1. The molecule has 0 radical (unpaired) electrons. The number of aliphatic hydroxyl groups excluding tert-OH is 1. The molecule has 17 nitrogen and oxygen atoms in total. The number of hydrogen-bond donors (Lipinski definition) is 3. The minimum Gasteiger partial charge on any atom is -0.462 e. The Balaban J connectivity index is 5.26. The van der Waals surface area contributed by atoms with Crippen LogP contribution in [0, 0.1) is 17.8 Å². The summed E-state index contributed by atoms with van der Waals surface area (Å²) in [6.45, 7) is 11.9. The Kier molecular flexibility index (Phi) is 64.3. The summed E-state index contributed by atoms with van der Waals surface area (Å²) in [5, 5.41) is 10.6. The maximum atomic E-state index is 13.1. The van der Waals surface area contributed by atoms with Gasteiger partial charge in [0.2, 0.25) is 0 Å². The highest BCUT2D eigenvalue weighted by atomic mass is 31.2. The van der Waals surface area contributed by atoms with E-state index in [1.54, 1.807) is 0 Å². The molecule has 0 amide bonds. The highest BCUT2D eigenvalue weighted by Crippen LogP contribution is 2.45. The van der Waals surface area contributed by atoms with E-state index < -0.39 is 97.5 Å². The smallest absolute Gasteiger partial charge is 0.462 e. The van der Waals surface area contributed by atoms with Crippen LogP contribution < -0.4 is 0 Å². The lowest BCUT2D eigenvalue weighted by atomic mass is 10.00. The van der Waals surface area contributed by atoms with Crippen LogP contribution in [0.4, 0.5) is 0 Å². The molecule has 0 saturated carbocycles. The lowest BCUT2D eigenvalue weighted by molar-refractivity contribution is -0.161. The highest BCUT2D eigenvalue weighted by Gasteiger charge is 2.30. The largest absolute Gasteiger partial charge is 0.472 e. The first kappa shape index (κ1) is 92.1. The molecule has 0 aromatic carbocycles. The van der Waals surface area contributed by atoms with Crippen LogP contribution in [0.2, 0.25) is 0 Å². The van der Waals surface area contributed by atoms with Gasteiger partial charge in [-0.25, -0.2) is 9.13 Å². The summed E-state index contributed by atoms with van der Waals surface area (Å²) >= 11 is 0. The number of phosphoric acid groups is 2. The normalized spacial score (nSPS) is 14.4. The summed E-state index contributed by atoms with van der Waals surface area (Å²) in [6, 6.07) is 0. The van der Waals surface area contributed by atoms with Crippen LogP contribution in [-0.2, 0) is 65.4 Å². The summed E-state index contributed by atoms with van der Waals surface area (Å²) < 4.78 is 68.5. The van der Waals surface area contributed by atoms with Crippen molar-refractivity contribution < 1.29 is 80.2 Å². The first-order valence-electron chi connectivity index (χ1n) is 38.9. The van der Waals surface area contributed by atoms with E-state index in [1.165, 1.54) is 186 Å². The Labute approximate surface area is 575 Å². The monoisotopic (exact) mass is 1380 g/mol. The number of phosphoric ester groups is 2. The molecule has 19 heteroatoms. The summed E-state index contributed by atoms with van der Waals surface area (Å²) in [7, 11) is -9.91. The average Bonchev–Trinajstić information content (AvgIpc) is 2.15. The molecular formula is C75H146O17P2. The fraction of sp³-hybridized carbons (Fsp3) is 0.947. The zero-order valence-electron chi connectivity index (χ0n) is 61.4. The van der Waals surface area contributed by atoms with Crippen molar-refractivity contribution in [1.82, 2.24) is 0 Å². The first-order chi connectivity index (χ1) is 45.3. The van der Waals surface area contributed by atoms with Crippen molar-refractivity contribution in [2.24, 2.45) is 17.8 Å². The van der Waals surface area contributed by atoms with Crippen molar-refractivity contribution >= 4 is 39.5 Å². The zero-order valence-corrected chi connectivity index (χ0v) is 63.2. The molecule has 558 valence electrons. The number of carbonyl (C=O) groups is 4. The third-order valence-electron chi connectivity index (χ3n) is 17.7. The molecule has 3 unspecified atom stereocenters. The molecule has 0 aliphatic rings. The van der Waals surface area contributed by atoms with Crippen LogP contribution in [0.15, 0.2) is 0 Å². The molecule has 0 aliphatic carbocycles. The number of unbranched alkanes of at least 4 members (excludes halogenated alkanes) is 40. The predicted molar refractivity (Wildman–Crippen MR) is 381 cm³/mol. The fourth-order valence-corrected chi connectivity index (χ4v) is 13.0. The van der Waals surface area contributed by atoms with Crippen LogP contribution in [0.5, 0.6) is 0 Å². The van der Waals surface area contributed by atoms with E-state index in [9.17, 15) is 43.2 Å². The lowest BCUT2D eigenvalue weighted by Crippen LogP contribution is -2.30. The molecule has 0 bridgehead atoms. The van der Waals surface area contributed by atoms with Crippen LogP contribution in [0.1, 0.15) is 382 Å². The van der Waals surface area contributed by atoms with Gasteiger partial charge in [0, 0.05) is 25.7 Å². The van der Waals surface area contributed by atoms with Gasteiger partial charge in [-0.05, 0) is 43.4 Å². The number of carbonyl (C=O) groups excluding carboxylic acids is 4. The maximum Gasteiger partial charge on any atom is 0.472 e. The third-order valence-corrected chi connectivity index (χ3v) is 19.6. The number of rotatable bonds is 73. The molecule has 0 aliphatic heterocycles. The van der Waals surface area contributed by atoms with Crippen molar-refractivity contribution in [1.29, 1.82) is 0 Å². The molecule has 3 N–H and O–H groups in total. The Morgan fingerprint density at radius 3 is 0.809 bits per heavy atom. The first-order valence-corrected chi connectivity index (χ1v) is 41.9. The van der Waals surface area contributed by atoms with Gasteiger partial charge in [-0.1, -0.05) is 331 Å². The molecule has 6 atom stereocenters. The zero-order chi connectivity index (χ0) is 69.4. The van der Waals surface area contributed by atoms with Gasteiger partial charge in [0.05, 0.1) is 26.4 Å². The van der Waals surface area contributed by atoms with E-state index in [2.05, 4.69) is 48.5 Å². The molecule has 0 rings (SSSR count). The molecule has 0 heterocycles. The Morgan fingerprint density at radius 2 is 0.543 bits per heavy atom. The van der Waals surface area contributed by atoms with Crippen LogP contribution >= 0.6 is 15.6 Å². The molecule has 0 spiro atoms. The number of aliphatic hydroxyl groups is 1. The Bertz CT molecular complexity index is 1840. The van der Waals surface area contributed by atoms with Crippen molar-refractivity contribution in [2.75, 3.05) is 39.6 Å². The van der Waals surface area contributed by atoms with Crippen molar-refractivity contribution in [3.8, 4) is 0 Å². The van der Waals surface area contributed by atoms with Crippen molar-refractivity contribution in [2.45, 2.75) is 401 Å². The predicted octanol–water partition coefficient (Wildman–Crippen LogP) is 21.8. The van der Waals surface area contributed by atoms with E-state index >= 15 is 0 Å². The summed E-state index contributed by atoms with van der Waals surface area (Å²) in [5.74, 6) is 0.154. The van der Waals surface area contributed by atoms with Gasteiger partial charge in [0.15, 0.2) is 12.2 Å². The second-order valence-electron chi connectivity index (χ2n) is 28.2. The summed E-state index contributed by atoms with van der Waals surface area (Å²) in [5.41, 5.74) is 0. The minimum atomic E-state index is -4.96. The molecule has 0 aromatic rings. The van der Waals surface area contributed by atoms with Gasteiger partial charge in [-0.15, -0.1) is 0 Å². The molecule has 0 fully saturated rings. The number of hydrogen-bond acceptors (Lipinski definition) is 15. The van der Waals surface area contributed by atoms with Gasteiger partial charge in [-0.2, -0.15) is 0 Å². The van der Waals surface area contributed by atoms with E-state index in [1.807, 2.05) is 0 Å². The van der Waals surface area contributed by atoms with Gasteiger partial charge >= 0.3 is 39.5 Å². The third kappa shape index (κ3) is 67.3. The topological polar surface area (TPSA) is 237 Å². The summed E-state index contributed by atoms with van der Waals surface area (Å²) in [6.07, 6.45) is 51.3. The number of esters is 4. The number of ether oxygens (including phenoxy) is 4. The van der Waals surface area contributed by atoms with Crippen LogP contribution in [0.25, 0.3) is 0 Å². The molecule has 94 heavy (non-hydrogen) atoms. The van der Waals surface area contributed by atoms with E-state index in [0.29, 0.717) is 25.7 Å². The van der Waals surface area contributed by atoms with Gasteiger partial charge in [0.1, 0.15) is 19.3 Å². The molecule has 0 aromatic heterocycles. The van der Waals surface area contributed by atoms with E-state index in [-0.39, 0.29) is 25.7 Å². The van der Waals surface area contributed by atoms with Gasteiger partial charge < -0.3 is 33.8 Å². The van der Waals surface area contributed by atoms with Gasteiger partial charge in [0.25, 0.3) is 0 Å². The minimum absolute atomic E-state index is 0.105. The highest BCUT2D eigenvalue weighted by molar-refractivity contribution is 7.47. The van der Waals surface area contributed by atoms with Crippen LogP contribution in [-0.4, -0.2) is 96.7 Å². The Hall–Kier alpha value is -1.94. The average molecular weight is 1380 g/mol. The van der Waals surface area contributed by atoms with Crippen molar-refractivity contribution in [3.05, 3.63) is 0 Å².